The Bertz CT molecular complexity index is 45.1. The normalized spacial score (nSPS) is 10.2. The zero-order valence-corrected chi connectivity index (χ0v) is 5.85. The van der Waals surface area contributed by atoms with Crippen LogP contribution in [0.2, 0.25) is 0 Å². The summed E-state index contributed by atoms with van der Waals surface area (Å²) >= 11 is 0. The van der Waals surface area contributed by atoms with Crippen molar-refractivity contribution >= 4 is 0 Å². The largest absolute Gasteiger partial charge is 0.0893 e. The van der Waals surface area contributed by atoms with Crippen molar-refractivity contribution in [3.63, 3.8) is 0 Å². The average molecular weight is 111 g/mol. The molecule has 0 nitrogen and oxygen atoms in total. The highest BCUT2D eigenvalue weighted by molar-refractivity contribution is 4.93. The molecular formula is C8H15+. The molecule has 0 aromatic carbocycles. The van der Waals surface area contributed by atoms with Crippen molar-refractivity contribution < 1.29 is 0 Å². The fourth-order valence-electron chi connectivity index (χ4n) is 0.495. The van der Waals surface area contributed by atoms with Crippen LogP contribution < -0.4 is 0 Å². The first kappa shape index (κ1) is 7.61. The van der Waals surface area contributed by atoms with E-state index in [1.54, 1.807) is 0 Å². The summed E-state index contributed by atoms with van der Waals surface area (Å²) in [6, 6.07) is 0. The first-order chi connectivity index (χ1) is 3.91. The van der Waals surface area contributed by atoms with E-state index in [9.17, 15) is 0 Å². The van der Waals surface area contributed by atoms with Crippen molar-refractivity contribution in [2.45, 2.75) is 33.1 Å². The van der Waals surface area contributed by atoms with Crippen molar-refractivity contribution in [3.8, 4) is 0 Å². The van der Waals surface area contributed by atoms with Crippen molar-refractivity contribution in [2.24, 2.45) is 0 Å². The maximum Gasteiger partial charge on any atom is 0.0893 e. The summed E-state index contributed by atoms with van der Waals surface area (Å²) < 4.78 is 0. The molecule has 8 heavy (non-hydrogen) atoms. The highest BCUT2D eigenvalue weighted by Gasteiger charge is 1.81. The minimum atomic E-state index is 1.15. The quantitative estimate of drug-likeness (QED) is 0.489. The van der Waals surface area contributed by atoms with Crippen LogP contribution >= 0.6 is 0 Å². The molecule has 0 atom stereocenters. The van der Waals surface area contributed by atoms with Gasteiger partial charge in [-0.15, -0.1) is 0 Å². The van der Waals surface area contributed by atoms with Gasteiger partial charge in [-0.25, -0.2) is 0 Å². The molecule has 0 spiro atoms. The standard InChI is InChI=1S/C8H15/c1-3-5-7-8-6-4-2/h5,7-8H,3-4,6H2,1-2H3/q+1/b8-7+. The Morgan fingerprint density at radius 3 is 2.62 bits per heavy atom. The third-order valence-corrected chi connectivity index (χ3v) is 0.963. The van der Waals surface area contributed by atoms with Crippen LogP contribution in [0.1, 0.15) is 33.1 Å². The summed E-state index contributed by atoms with van der Waals surface area (Å²) in [6.07, 6.45) is 10.2. The van der Waals surface area contributed by atoms with Crippen molar-refractivity contribution in [2.75, 3.05) is 0 Å². The molecule has 0 N–H and O–H groups in total. The molecule has 0 saturated heterocycles. The summed E-state index contributed by atoms with van der Waals surface area (Å²) in [5.41, 5.74) is 0. The van der Waals surface area contributed by atoms with E-state index in [-0.39, 0.29) is 0 Å². The second-order valence-electron chi connectivity index (χ2n) is 1.86. The first-order valence-corrected chi connectivity index (χ1v) is 3.40. The van der Waals surface area contributed by atoms with E-state index in [0.717, 1.165) is 6.42 Å². The maximum absolute atomic E-state index is 2.21. The number of unbranched alkanes of at least 4 members (excludes halogenated alkanes) is 2. The number of hydrogen-bond acceptors (Lipinski definition) is 0. The molecule has 46 valence electrons. The number of hydrogen-bond donors (Lipinski definition) is 0. The lowest BCUT2D eigenvalue weighted by Crippen LogP contribution is -1.63. The van der Waals surface area contributed by atoms with E-state index < -0.39 is 0 Å². The molecule has 0 saturated carbocycles. The second-order valence-corrected chi connectivity index (χ2v) is 1.86. The Morgan fingerprint density at radius 1 is 1.38 bits per heavy atom. The van der Waals surface area contributed by atoms with Crippen LogP contribution in [-0.4, -0.2) is 0 Å². The predicted molar refractivity (Wildman–Crippen MR) is 38.6 cm³/mol. The maximum atomic E-state index is 2.21. The van der Waals surface area contributed by atoms with Gasteiger partial charge in [-0.2, -0.15) is 0 Å². The van der Waals surface area contributed by atoms with Gasteiger partial charge in [-0.3, -0.25) is 0 Å². The topological polar surface area (TPSA) is 0 Å². The van der Waals surface area contributed by atoms with E-state index >= 15 is 0 Å². The smallest absolute Gasteiger partial charge is 0.0634 e. The van der Waals surface area contributed by atoms with Crippen LogP contribution in [-0.2, 0) is 0 Å². The Balaban J connectivity index is 2.83. The van der Waals surface area contributed by atoms with Gasteiger partial charge in [0.2, 0.25) is 0 Å². The molecule has 0 heteroatoms. The molecule has 0 aliphatic rings. The monoisotopic (exact) mass is 111 g/mol. The van der Waals surface area contributed by atoms with E-state index in [2.05, 4.69) is 32.4 Å². The molecule has 0 fully saturated rings. The molecule has 0 aliphatic carbocycles. The fraction of sp³-hybridized carbons (Fsp3) is 0.625. The van der Waals surface area contributed by atoms with Crippen molar-refractivity contribution in [1.82, 2.24) is 0 Å². The summed E-state index contributed by atoms with van der Waals surface area (Å²) in [7, 11) is 0. The van der Waals surface area contributed by atoms with Gasteiger partial charge in [0.25, 0.3) is 0 Å². The molecule has 0 aromatic rings. The Hall–Kier alpha value is -0.390. The van der Waals surface area contributed by atoms with Gasteiger partial charge in [0.1, 0.15) is 0 Å². The zero-order valence-electron chi connectivity index (χ0n) is 5.85. The fourth-order valence-corrected chi connectivity index (χ4v) is 0.495. The number of rotatable bonds is 4. The van der Waals surface area contributed by atoms with Crippen LogP contribution in [0.3, 0.4) is 0 Å². The van der Waals surface area contributed by atoms with E-state index in [1.165, 1.54) is 12.8 Å². The molecule has 0 aliphatic heterocycles. The van der Waals surface area contributed by atoms with Gasteiger partial charge in [0.15, 0.2) is 0 Å². The molecule has 0 amide bonds. The van der Waals surface area contributed by atoms with Gasteiger partial charge >= 0.3 is 0 Å². The molecule has 0 radical (unpaired) electrons. The highest BCUT2D eigenvalue weighted by atomic mass is 13.8. The van der Waals surface area contributed by atoms with E-state index in [4.69, 9.17) is 0 Å². The van der Waals surface area contributed by atoms with Crippen molar-refractivity contribution in [3.05, 3.63) is 18.6 Å². The van der Waals surface area contributed by atoms with Gasteiger partial charge in [-0.05, 0) is 13.3 Å². The Labute approximate surface area is 52.6 Å². The van der Waals surface area contributed by atoms with Gasteiger partial charge in [-0.1, -0.05) is 6.92 Å². The lowest BCUT2D eigenvalue weighted by molar-refractivity contribution is 0.955. The summed E-state index contributed by atoms with van der Waals surface area (Å²) in [6.45, 7) is 4.34. The number of allylic oxidation sites excluding steroid dienone is 2. The Kier molecular flexibility index (Phi) is 6.29. The molecule has 0 heterocycles. The third-order valence-electron chi connectivity index (χ3n) is 0.963. The average Bonchev–Trinajstić information content (AvgIpc) is 1.81. The van der Waals surface area contributed by atoms with Crippen LogP contribution in [0.25, 0.3) is 0 Å². The van der Waals surface area contributed by atoms with Crippen LogP contribution in [0.5, 0.6) is 0 Å². The lowest BCUT2D eigenvalue weighted by Gasteiger charge is -1.74. The summed E-state index contributed by atoms with van der Waals surface area (Å²) in [5, 5.41) is 0. The SMILES string of the molecule is CC[CH+]/C=C/CCC. The molecular weight excluding hydrogens is 96.1 g/mol. The van der Waals surface area contributed by atoms with Crippen LogP contribution in [0.15, 0.2) is 12.2 Å². The first-order valence-electron chi connectivity index (χ1n) is 3.40. The minimum absolute atomic E-state index is 1.15. The lowest BCUT2D eigenvalue weighted by atomic mass is 10.2. The molecule has 0 bridgehead atoms. The minimum Gasteiger partial charge on any atom is -0.0634 e. The van der Waals surface area contributed by atoms with Gasteiger partial charge in [0.05, 0.1) is 6.08 Å². The predicted octanol–water partition coefficient (Wildman–Crippen LogP) is 2.96. The van der Waals surface area contributed by atoms with Crippen LogP contribution in [0, 0.1) is 6.42 Å². The van der Waals surface area contributed by atoms with E-state index in [1.807, 2.05) is 0 Å². The summed E-state index contributed by atoms with van der Waals surface area (Å²) in [4.78, 5) is 0. The zero-order chi connectivity index (χ0) is 6.24. The highest BCUT2D eigenvalue weighted by Crippen LogP contribution is 1.91. The second kappa shape index (κ2) is 6.61. The molecule has 0 unspecified atom stereocenters. The van der Waals surface area contributed by atoms with Gasteiger partial charge in [0, 0.05) is 25.3 Å². The molecule has 0 rings (SSSR count). The van der Waals surface area contributed by atoms with E-state index in [0.29, 0.717) is 0 Å². The molecule has 0 aromatic heterocycles. The van der Waals surface area contributed by atoms with Crippen molar-refractivity contribution in [1.29, 1.82) is 0 Å². The van der Waals surface area contributed by atoms with Crippen LogP contribution in [0.4, 0.5) is 0 Å². The summed E-state index contributed by atoms with van der Waals surface area (Å²) in [5.74, 6) is 0. The third kappa shape index (κ3) is 5.61. The Morgan fingerprint density at radius 2 is 2.12 bits per heavy atom. The van der Waals surface area contributed by atoms with Gasteiger partial charge < -0.3 is 0 Å².